The predicted molar refractivity (Wildman–Crippen MR) is 116 cm³/mol. The lowest BCUT2D eigenvalue weighted by molar-refractivity contribution is 0.0193. The van der Waals surface area contributed by atoms with Crippen molar-refractivity contribution in [2.24, 2.45) is 23.7 Å². The lowest BCUT2D eigenvalue weighted by Crippen LogP contribution is -2.54. The van der Waals surface area contributed by atoms with Crippen molar-refractivity contribution in [2.75, 3.05) is 19.8 Å². The van der Waals surface area contributed by atoms with Gasteiger partial charge in [-0.2, -0.15) is 0 Å². The molecule has 4 heteroatoms. The molecule has 157 valence electrons. The van der Waals surface area contributed by atoms with Crippen molar-refractivity contribution in [3.63, 3.8) is 0 Å². The van der Waals surface area contributed by atoms with Gasteiger partial charge in [0.1, 0.15) is 0 Å². The van der Waals surface area contributed by atoms with Gasteiger partial charge in [-0.25, -0.2) is 0 Å². The molecule has 0 aromatic heterocycles. The predicted octanol–water partition coefficient (Wildman–Crippen LogP) is 5.15. The average Bonchev–Trinajstić information content (AvgIpc) is 2.73. The summed E-state index contributed by atoms with van der Waals surface area (Å²) in [7, 11) is 2.23. The van der Waals surface area contributed by atoms with Crippen LogP contribution in [0.1, 0.15) is 86.0 Å². The Hall–Kier alpha value is -0.0551. The van der Waals surface area contributed by atoms with Gasteiger partial charge in [0.2, 0.25) is 0 Å². The summed E-state index contributed by atoms with van der Waals surface area (Å²) >= 11 is 0. The van der Waals surface area contributed by atoms with Crippen LogP contribution < -0.4 is 0 Å². The van der Waals surface area contributed by atoms with Crippen LogP contribution in [0.5, 0.6) is 0 Å². The summed E-state index contributed by atoms with van der Waals surface area (Å²) in [6.45, 7) is 14.0. The van der Waals surface area contributed by atoms with E-state index in [4.69, 9.17) is 4.65 Å². The van der Waals surface area contributed by atoms with E-state index in [9.17, 15) is 5.11 Å². The van der Waals surface area contributed by atoms with Crippen molar-refractivity contribution in [3.8, 4) is 0 Å². The molecule has 2 aliphatic rings. The number of rotatable bonds is 5. The van der Waals surface area contributed by atoms with Crippen LogP contribution >= 0.6 is 0 Å². The first-order valence-electron chi connectivity index (χ1n) is 11.8. The topological polar surface area (TPSA) is 32.7 Å². The molecule has 3 nitrogen and oxygen atoms in total. The van der Waals surface area contributed by atoms with Crippen LogP contribution in [-0.2, 0) is 4.65 Å². The van der Waals surface area contributed by atoms with Crippen LogP contribution in [0.15, 0.2) is 0 Å². The van der Waals surface area contributed by atoms with Gasteiger partial charge in [-0.3, -0.25) is 4.90 Å². The highest BCUT2D eigenvalue weighted by molar-refractivity contribution is 6.30. The maximum absolute atomic E-state index is 9.52. The maximum atomic E-state index is 9.52. The molecule has 1 saturated heterocycles. The fourth-order valence-corrected chi connectivity index (χ4v) is 5.97. The van der Waals surface area contributed by atoms with Crippen LogP contribution in [0.3, 0.4) is 0 Å². The molecule has 0 aromatic carbocycles. The zero-order chi connectivity index (χ0) is 19.8. The Morgan fingerprint density at radius 1 is 1.11 bits per heavy atom. The maximum Gasteiger partial charge on any atom is 0.297 e. The number of hydrogen-bond donors (Lipinski definition) is 1. The van der Waals surface area contributed by atoms with Crippen LogP contribution in [0.25, 0.3) is 0 Å². The second kappa shape index (κ2) is 11.8. The molecule has 1 aliphatic heterocycles. The lowest BCUT2D eigenvalue weighted by Gasteiger charge is -2.48. The molecule has 7 unspecified atom stereocenters. The third kappa shape index (κ3) is 6.47. The second-order valence-electron chi connectivity index (χ2n) is 9.67. The first-order chi connectivity index (χ1) is 13.0. The van der Waals surface area contributed by atoms with Gasteiger partial charge in [0.25, 0.3) is 7.48 Å². The van der Waals surface area contributed by atoms with E-state index in [1.54, 1.807) is 0 Å². The Labute approximate surface area is 169 Å². The minimum Gasteiger partial charge on any atom is -0.440 e. The smallest absolute Gasteiger partial charge is 0.297 e. The average molecular weight is 378 g/mol. The molecule has 1 heterocycles. The fourth-order valence-electron chi connectivity index (χ4n) is 5.97. The normalized spacial score (nSPS) is 38.6. The van der Waals surface area contributed by atoms with Gasteiger partial charge in [-0.15, -0.1) is 0 Å². The van der Waals surface area contributed by atoms with Crippen LogP contribution in [0, 0.1) is 23.7 Å². The van der Waals surface area contributed by atoms with E-state index in [2.05, 4.69) is 47.0 Å². The molecule has 27 heavy (non-hydrogen) atoms. The van der Waals surface area contributed by atoms with Gasteiger partial charge in [0.15, 0.2) is 0 Å². The number of hydrogen-bond acceptors (Lipinski definition) is 3. The van der Waals surface area contributed by atoms with Gasteiger partial charge in [-0.1, -0.05) is 66.2 Å². The zero-order valence-corrected chi connectivity index (χ0v) is 18.7. The van der Waals surface area contributed by atoms with E-state index in [-0.39, 0.29) is 6.61 Å². The number of aliphatic hydroxyl groups is 1. The Kier molecular flexibility index (Phi) is 10.2. The molecule has 0 aromatic rings. The quantitative estimate of drug-likeness (QED) is 0.671. The van der Waals surface area contributed by atoms with E-state index < -0.39 is 0 Å². The summed E-state index contributed by atoms with van der Waals surface area (Å²) in [6.07, 6.45) is 10.6. The lowest BCUT2D eigenvalue weighted by atomic mass is 9.62. The van der Waals surface area contributed by atoms with E-state index in [1.807, 2.05) is 0 Å². The van der Waals surface area contributed by atoms with Gasteiger partial charge >= 0.3 is 0 Å². The second-order valence-corrected chi connectivity index (χ2v) is 9.67. The minimum atomic E-state index is 0.285. The zero-order valence-electron chi connectivity index (χ0n) is 18.7. The van der Waals surface area contributed by atoms with E-state index in [1.165, 1.54) is 44.9 Å². The Morgan fingerprint density at radius 3 is 2.48 bits per heavy atom. The summed E-state index contributed by atoms with van der Waals surface area (Å²) in [4.78, 5) is 2.74. The molecule has 1 radical (unpaired) electrons. The summed E-state index contributed by atoms with van der Waals surface area (Å²) in [5.41, 5.74) is 0. The van der Waals surface area contributed by atoms with Gasteiger partial charge in [-0.05, 0) is 55.8 Å². The Bertz CT molecular complexity index is 404. The summed E-state index contributed by atoms with van der Waals surface area (Å²) < 4.78 is 6.20. The van der Waals surface area contributed by atoms with Gasteiger partial charge in [0.05, 0.1) is 0 Å². The molecule has 1 N–H and O–H groups in total. The number of aliphatic hydroxyl groups excluding tert-OH is 1. The summed E-state index contributed by atoms with van der Waals surface area (Å²) in [5.74, 6) is 3.07. The van der Waals surface area contributed by atoms with Gasteiger partial charge in [0, 0.05) is 25.3 Å². The molecule has 7 atom stereocenters. The van der Waals surface area contributed by atoms with Crippen LogP contribution in [0.2, 0.25) is 5.82 Å². The summed E-state index contributed by atoms with van der Waals surface area (Å²) in [6, 6.07) is 0.990. The summed E-state index contributed by atoms with van der Waals surface area (Å²) in [5, 5.41) is 9.52. The molecule has 0 amide bonds. The SMILES string of the molecule is CCN1C(C)C(C2CCCCCCC(C)C2)[B]OCC(C)C1C(C)CCO. The largest absolute Gasteiger partial charge is 0.440 e. The first kappa shape index (κ1) is 23.2. The third-order valence-electron chi connectivity index (χ3n) is 7.46. The molecular weight excluding hydrogens is 333 g/mol. The standard InChI is InChI=1S/C23H45BNO2/c1-6-25-20(5)22(21-12-10-8-7-9-11-17(2)15-21)24-27-16-19(4)23(25)18(3)13-14-26/h17-23,26H,6-16H2,1-5H3. The molecule has 1 aliphatic carbocycles. The highest BCUT2D eigenvalue weighted by Crippen LogP contribution is 2.40. The highest BCUT2D eigenvalue weighted by atomic mass is 16.4. The Balaban J connectivity index is 2.20. The van der Waals surface area contributed by atoms with E-state index in [0.29, 0.717) is 29.7 Å². The van der Waals surface area contributed by atoms with Gasteiger partial charge < -0.3 is 9.76 Å². The van der Waals surface area contributed by atoms with Crippen molar-refractivity contribution in [1.29, 1.82) is 0 Å². The van der Waals surface area contributed by atoms with Crippen molar-refractivity contribution in [2.45, 2.75) is 104 Å². The highest BCUT2D eigenvalue weighted by Gasteiger charge is 2.40. The fraction of sp³-hybridized carbons (Fsp3) is 1.00. The van der Waals surface area contributed by atoms with E-state index in [0.717, 1.165) is 31.4 Å². The van der Waals surface area contributed by atoms with Crippen molar-refractivity contribution in [3.05, 3.63) is 0 Å². The molecule has 0 spiro atoms. The number of nitrogens with zero attached hydrogens (tertiary/aromatic N) is 1. The molecule has 2 rings (SSSR count). The van der Waals surface area contributed by atoms with Crippen molar-refractivity contribution in [1.82, 2.24) is 4.90 Å². The molecule has 1 saturated carbocycles. The Morgan fingerprint density at radius 2 is 1.81 bits per heavy atom. The molecule has 2 fully saturated rings. The van der Waals surface area contributed by atoms with Crippen molar-refractivity contribution < 1.29 is 9.76 Å². The van der Waals surface area contributed by atoms with Crippen LogP contribution in [-0.4, -0.2) is 49.3 Å². The third-order valence-corrected chi connectivity index (χ3v) is 7.46. The molecular formula is C23H45BNO2. The first-order valence-corrected chi connectivity index (χ1v) is 11.8. The molecule has 0 bridgehead atoms. The van der Waals surface area contributed by atoms with Crippen LogP contribution in [0.4, 0.5) is 0 Å². The van der Waals surface area contributed by atoms with E-state index >= 15 is 0 Å². The van der Waals surface area contributed by atoms with Crippen molar-refractivity contribution >= 4 is 7.48 Å². The monoisotopic (exact) mass is 378 g/mol. The minimum absolute atomic E-state index is 0.285.